The van der Waals surface area contributed by atoms with E-state index in [1.165, 1.54) is 31.3 Å². The number of rotatable bonds is 5. The Balaban J connectivity index is 1.49. The Hall–Kier alpha value is -1.65. The van der Waals surface area contributed by atoms with E-state index in [2.05, 4.69) is 46.1 Å². The van der Waals surface area contributed by atoms with Crippen molar-refractivity contribution in [3.05, 3.63) is 47.6 Å². The molecule has 0 amide bonds. The summed E-state index contributed by atoms with van der Waals surface area (Å²) in [6, 6.07) is 0. The predicted molar refractivity (Wildman–Crippen MR) is 136 cm³/mol. The maximum Gasteiger partial charge on any atom is 0.334 e. The molecule has 4 heteroatoms. The van der Waals surface area contributed by atoms with Crippen molar-refractivity contribution in [3.63, 3.8) is 0 Å². The lowest BCUT2D eigenvalue weighted by atomic mass is 9.60. The number of esters is 1. The van der Waals surface area contributed by atoms with Gasteiger partial charge in [-0.1, -0.05) is 58.6 Å². The van der Waals surface area contributed by atoms with Crippen molar-refractivity contribution in [1.29, 1.82) is 0 Å². The van der Waals surface area contributed by atoms with E-state index in [0.717, 1.165) is 30.4 Å². The molecule has 4 fully saturated rings. The molecule has 4 rings (SSSR count). The fourth-order valence-corrected chi connectivity index (χ4v) is 7.78. The van der Waals surface area contributed by atoms with E-state index in [4.69, 9.17) is 4.74 Å². The molecular weight excluding hydrogens is 424 g/mol. The first-order chi connectivity index (χ1) is 16.1. The lowest BCUT2D eigenvalue weighted by molar-refractivity contribution is -0.140. The first-order valence-electron chi connectivity index (χ1n) is 13.4. The number of carbonyl (C=O) groups excluding carboxylic acids is 1. The molecule has 0 bridgehead atoms. The van der Waals surface area contributed by atoms with Crippen LogP contribution in [0.2, 0.25) is 0 Å². The summed E-state index contributed by atoms with van der Waals surface area (Å²) in [6.45, 7) is 16.9. The highest BCUT2D eigenvalue weighted by atomic mass is 16.6. The molecule has 188 valence electrons. The van der Waals surface area contributed by atoms with Gasteiger partial charge in [-0.25, -0.2) is 4.79 Å². The largest absolute Gasteiger partial charge is 0.458 e. The Morgan fingerprint density at radius 2 is 1.94 bits per heavy atom. The Bertz CT molecular complexity index is 897. The first-order valence-corrected chi connectivity index (χ1v) is 13.4. The third-order valence-corrected chi connectivity index (χ3v) is 9.99. The summed E-state index contributed by atoms with van der Waals surface area (Å²) in [5.74, 6) is 1.47. The van der Waals surface area contributed by atoms with Gasteiger partial charge in [0.15, 0.2) is 0 Å². The molecule has 1 heterocycles. The molecule has 0 aromatic heterocycles. The third-order valence-electron chi connectivity index (χ3n) is 9.99. The van der Waals surface area contributed by atoms with Crippen LogP contribution >= 0.6 is 0 Å². The fourth-order valence-electron chi connectivity index (χ4n) is 7.78. The van der Waals surface area contributed by atoms with Gasteiger partial charge in [-0.05, 0) is 85.7 Å². The lowest BCUT2D eigenvalue weighted by Crippen LogP contribution is -2.37. The number of aliphatic hydroxyl groups excluding tert-OH is 2. The van der Waals surface area contributed by atoms with Gasteiger partial charge in [-0.3, -0.25) is 0 Å². The SMILES string of the molecule is C=C1C(=CC=C2CCC[C@]3(C)[C@@H]([C@H](C)C[C@@H]4OC(=O)C(=C)[C@H]4CC)CC[C@@H]23)C[C@@H](O)[C@H](C)[C@@H]1O. The van der Waals surface area contributed by atoms with Crippen LogP contribution in [0.3, 0.4) is 0 Å². The van der Waals surface area contributed by atoms with Gasteiger partial charge in [-0.15, -0.1) is 0 Å². The second kappa shape index (κ2) is 9.78. The maximum absolute atomic E-state index is 12.1. The zero-order chi connectivity index (χ0) is 24.8. The number of carbonyl (C=O) groups is 1. The van der Waals surface area contributed by atoms with Crippen LogP contribution in [0.1, 0.15) is 79.1 Å². The maximum atomic E-state index is 12.1. The Kier molecular flexibility index (Phi) is 7.32. The highest BCUT2D eigenvalue weighted by Crippen LogP contribution is 2.60. The van der Waals surface area contributed by atoms with Gasteiger partial charge in [0.1, 0.15) is 6.10 Å². The van der Waals surface area contributed by atoms with Crippen LogP contribution in [0, 0.1) is 35.0 Å². The molecule has 0 spiro atoms. The minimum Gasteiger partial charge on any atom is -0.458 e. The number of hydrogen-bond acceptors (Lipinski definition) is 4. The molecule has 0 unspecified atom stereocenters. The molecule has 34 heavy (non-hydrogen) atoms. The van der Waals surface area contributed by atoms with Crippen molar-refractivity contribution in [2.45, 2.75) is 97.4 Å². The van der Waals surface area contributed by atoms with Gasteiger partial charge in [0, 0.05) is 17.4 Å². The predicted octanol–water partition coefficient (Wildman–Crippen LogP) is 5.91. The molecule has 0 aromatic carbocycles. The second-order valence-electron chi connectivity index (χ2n) is 11.8. The van der Waals surface area contributed by atoms with Crippen molar-refractivity contribution in [2.75, 3.05) is 0 Å². The summed E-state index contributed by atoms with van der Waals surface area (Å²) in [5, 5.41) is 20.8. The summed E-state index contributed by atoms with van der Waals surface area (Å²) in [5.41, 5.74) is 4.16. The van der Waals surface area contributed by atoms with E-state index < -0.39 is 12.2 Å². The van der Waals surface area contributed by atoms with Crippen molar-refractivity contribution in [2.24, 2.45) is 35.0 Å². The highest BCUT2D eigenvalue weighted by molar-refractivity contribution is 5.90. The smallest absolute Gasteiger partial charge is 0.334 e. The average Bonchev–Trinajstić information content (AvgIpc) is 3.29. The number of allylic oxidation sites excluding steroid dienone is 3. The van der Waals surface area contributed by atoms with E-state index in [-0.39, 0.29) is 29.3 Å². The van der Waals surface area contributed by atoms with Gasteiger partial charge in [-0.2, -0.15) is 0 Å². The van der Waals surface area contributed by atoms with E-state index in [9.17, 15) is 15.0 Å². The molecule has 3 aliphatic carbocycles. The Morgan fingerprint density at radius 1 is 1.21 bits per heavy atom. The number of cyclic esters (lactones) is 1. The lowest BCUT2D eigenvalue weighted by Gasteiger charge is -2.45. The molecular formula is C30H44O4. The average molecular weight is 469 g/mol. The summed E-state index contributed by atoms with van der Waals surface area (Å²) >= 11 is 0. The highest BCUT2D eigenvalue weighted by Gasteiger charge is 2.51. The van der Waals surface area contributed by atoms with Crippen LogP contribution < -0.4 is 0 Å². The van der Waals surface area contributed by atoms with E-state index in [1.807, 2.05) is 6.92 Å². The van der Waals surface area contributed by atoms with E-state index >= 15 is 0 Å². The number of ether oxygens (including phenoxy) is 1. The standard InChI is InChI=1S/C30H44O4/c1-7-23-19(4)29(33)34-27(23)15-17(2)24-12-13-25-21(9-8-14-30(24,25)6)10-11-22-16-26(31)20(5)28(32)18(22)3/h10-11,17,20,23-28,31-32H,3-4,7-9,12-16H2,1-2,5-6H3/t17-,20+,23-,24-,25+,26-,27+,28-,30-/m1/s1. The topological polar surface area (TPSA) is 66.8 Å². The van der Waals surface area contributed by atoms with Crippen molar-refractivity contribution in [1.82, 2.24) is 0 Å². The minimum absolute atomic E-state index is 0.0245. The van der Waals surface area contributed by atoms with Crippen molar-refractivity contribution < 1.29 is 19.7 Å². The van der Waals surface area contributed by atoms with Crippen LogP contribution in [-0.2, 0) is 9.53 Å². The molecule has 0 radical (unpaired) electrons. The molecule has 0 aromatic rings. The van der Waals surface area contributed by atoms with Crippen LogP contribution in [0.15, 0.2) is 47.6 Å². The van der Waals surface area contributed by atoms with E-state index in [0.29, 0.717) is 29.7 Å². The fraction of sp³-hybridized carbons (Fsp3) is 0.700. The summed E-state index contributed by atoms with van der Waals surface area (Å²) in [6.07, 6.45) is 11.6. The van der Waals surface area contributed by atoms with Crippen LogP contribution in [0.25, 0.3) is 0 Å². The summed E-state index contributed by atoms with van der Waals surface area (Å²) in [7, 11) is 0. The Labute approximate surface area is 205 Å². The summed E-state index contributed by atoms with van der Waals surface area (Å²) < 4.78 is 5.73. The number of fused-ring (bicyclic) bond motifs is 1. The Morgan fingerprint density at radius 3 is 2.65 bits per heavy atom. The zero-order valence-electron chi connectivity index (χ0n) is 21.6. The van der Waals surface area contributed by atoms with Crippen LogP contribution in [0.5, 0.6) is 0 Å². The van der Waals surface area contributed by atoms with Gasteiger partial charge in [0.2, 0.25) is 0 Å². The van der Waals surface area contributed by atoms with Crippen molar-refractivity contribution >= 4 is 5.97 Å². The molecule has 1 aliphatic heterocycles. The zero-order valence-corrected chi connectivity index (χ0v) is 21.6. The molecule has 4 aliphatic rings. The number of hydrogen-bond donors (Lipinski definition) is 2. The normalized spacial score (nSPS) is 43.9. The van der Waals surface area contributed by atoms with Gasteiger partial charge in [0.05, 0.1) is 12.2 Å². The van der Waals surface area contributed by atoms with Crippen LogP contribution in [0.4, 0.5) is 0 Å². The monoisotopic (exact) mass is 468 g/mol. The minimum atomic E-state index is -0.672. The van der Waals surface area contributed by atoms with Crippen LogP contribution in [-0.4, -0.2) is 34.5 Å². The molecule has 3 saturated carbocycles. The van der Waals surface area contributed by atoms with Gasteiger partial charge >= 0.3 is 5.97 Å². The third kappa shape index (κ3) is 4.37. The second-order valence-corrected chi connectivity index (χ2v) is 11.8. The van der Waals surface area contributed by atoms with Crippen molar-refractivity contribution in [3.8, 4) is 0 Å². The van der Waals surface area contributed by atoms with Gasteiger partial charge in [0.25, 0.3) is 0 Å². The quantitative estimate of drug-likeness (QED) is 0.389. The van der Waals surface area contributed by atoms with Gasteiger partial charge < -0.3 is 14.9 Å². The molecule has 4 nitrogen and oxygen atoms in total. The molecule has 1 saturated heterocycles. The molecule has 2 N–H and O–H groups in total. The molecule has 9 atom stereocenters. The first kappa shape index (κ1) is 25.4. The number of aliphatic hydroxyl groups is 2. The van der Waals surface area contributed by atoms with E-state index in [1.54, 1.807) is 0 Å². The summed E-state index contributed by atoms with van der Waals surface area (Å²) in [4.78, 5) is 12.1.